The molecule has 2 heterocycles. The molecule has 1 aromatic rings. The molecule has 0 spiro atoms. The molecule has 2 aliphatic rings. The van der Waals surface area contributed by atoms with Crippen LogP contribution in [0.4, 0.5) is 0 Å². The first-order valence-corrected chi connectivity index (χ1v) is 7.81. The lowest BCUT2D eigenvalue weighted by Crippen LogP contribution is -2.43. The van der Waals surface area contributed by atoms with Gasteiger partial charge in [-0.15, -0.1) is 0 Å². The number of carbonyl (C=O) groups excluding carboxylic acids is 1. The minimum atomic E-state index is 0.206. The van der Waals surface area contributed by atoms with Crippen molar-refractivity contribution in [2.45, 2.75) is 38.3 Å². The van der Waals surface area contributed by atoms with Crippen LogP contribution in [0.2, 0.25) is 0 Å². The summed E-state index contributed by atoms with van der Waals surface area (Å²) in [5, 5.41) is 7.59. The second kappa shape index (κ2) is 5.41. The molecule has 0 bridgehead atoms. The molecule has 18 heavy (non-hydrogen) atoms. The van der Waals surface area contributed by atoms with E-state index in [4.69, 9.17) is 0 Å². The molecule has 4 heteroatoms. The van der Waals surface area contributed by atoms with Crippen LogP contribution in [0.1, 0.15) is 31.2 Å². The number of carbonyl (C=O) groups is 1. The van der Waals surface area contributed by atoms with E-state index in [0.717, 1.165) is 32.5 Å². The van der Waals surface area contributed by atoms with E-state index in [-0.39, 0.29) is 5.92 Å². The van der Waals surface area contributed by atoms with E-state index >= 15 is 0 Å². The van der Waals surface area contributed by atoms with Gasteiger partial charge in [0.2, 0.25) is 5.91 Å². The number of nitrogens with zero attached hydrogens (tertiary/aromatic N) is 1. The Morgan fingerprint density at radius 3 is 2.94 bits per heavy atom. The second-order valence-electron chi connectivity index (χ2n) is 5.37. The zero-order valence-electron chi connectivity index (χ0n) is 10.6. The van der Waals surface area contributed by atoms with E-state index in [1.165, 1.54) is 18.4 Å². The zero-order chi connectivity index (χ0) is 12.4. The lowest BCUT2D eigenvalue weighted by atomic mass is 9.98. The van der Waals surface area contributed by atoms with E-state index in [1.54, 1.807) is 11.3 Å². The Balaban J connectivity index is 1.66. The number of hydrogen-bond donors (Lipinski definition) is 1. The summed E-state index contributed by atoms with van der Waals surface area (Å²) in [5.41, 5.74) is 1.28. The van der Waals surface area contributed by atoms with Crippen molar-refractivity contribution in [1.29, 1.82) is 0 Å². The summed E-state index contributed by atoms with van der Waals surface area (Å²) in [6, 6.07) is 2.64. The monoisotopic (exact) mass is 264 g/mol. The molecule has 1 saturated carbocycles. The van der Waals surface area contributed by atoms with Gasteiger partial charge in [-0.1, -0.05) is 0 Å². The first kappa shape index (κ1) is 12.2. The number of piperidine rings is 1. The first-order chi connectivity index (χ1) is 8.84. The third kappa shape index (κ3) is 2.75. The van der Waals surface area contributed by atoms with Gasteiger partial charge in [0.05, 0.1) is 5.92 Å². The molecule has 1 aliphatic carbocycles. The fourth-order valence-corrected chi connectivity index (χ4v) is 3.31. The topological polar surface area (TPSA) is 32.3 Å². The molecule has 0 radical (unpaired) electrons. The fraction of sp³-hybridized carbons (Fsp3) is 0.643. The van der Waals surface area contributed by atoms with Gasteiger partial charge in [-0.2, -0.15) is 11.3 Å². The van der Waals surface area contributed by atoms with Crippen LogP contribution in [0.3, 0.4) is 0 Å². The highest BCUT2D eigenvalue weighted by Gasteiger charge is 2.36. The maximum atomic E-state index is 12.6. The van der Waals surface area contributed by atoms with Crippen LogP contribution in [-0.4, -0.2) is 29.9 Å². The van der Waals surface area contributed by atoms with Crippen molar-refractivity contribution in [1.82, 2.24) is 10.2 Å². The average Bonchev–Trinajstić information content (AvgIpc) is 3.13. The zero-order valence-corrected chi connectivity index (χ0v) is 11.4. The van der Waals surface area contributed by atoms with Crippen LogP contribution in [0.5, 0.6) is 0 Å². The van der Waals surface area contributed by atoms with Crippen molar-refractivity contribution >= 4 is 17.2 Å². The summed E-state index contributed by atoms with van der Waals surface area (Å²) in [6.07, 6.45) is 4.57. The van der Waals surface area contributed by atoms with Gasteiger partial charge in [-0.05, 0) is 54.6 Å². The summed E-state index contributed by atoms with van der Waals surface area (Å²) < 4.78 is 0. The molecule has 1 saturated heterocycles. The highest BCUT2D eigenvalue weighted by molar-refractivity contribution is 7.07. The standard InChI is InChI=1S/C14H20N2OS/c17-14(12-2-1-6-15-8-12)16(13-3-4-13)9-11-5-7-18-10-11/h5,7,10,12-13,15H,1-4,6,8-9H2/t12-/m0/s1. The predicted molar refractivity (Wildman–Crippen MR) is 73.5 cm³/mol. The molecule has 1 amide bonds. The summed E-state index contributed by atoms with van der Waals surface area (Å²) in [4.78, 5) is 14.7. The molecule has 98 valence electrons. The first-order valence-electron chi connectivity index (χ1n) is 6.87. The number of hydrogen-bond acceptors (Lipinski definition) is 3. The highest BCUT2D eigenvalue weighted by atomic mass is 32.1. The molecule has 2 fully saturated rings. The van der Waals surface area contributed by atoms with Gasteiger partial charge in [-0.25, -0.2) is 0 Å². The molecule has 1 aliphatic heterocycles. The third-order valence-electron chi connectivity index (χ3n) is 3.85. The maximum Gasteiger partial charge on any atom is 0.227 e. The molecule has 0 aromatic carbocycles. The third-order valence-corrected chi connectivity index (χ3v) is 4.58. The van der Waals surface area contributed by atoms with Crippen molar-refractivity contribution in [3.63, 3.8) is 0 Å². The van der Waals surface area contributed by atoms with Crippen LogP contribution in [0.25, 0.3) is 0 Å². The van der Waals surface area contributed by atoms with E-state index in [9.17, 15) is 4.79 Å². The summed E-state index contributed by atoms with van der Waals surface area (Å²) >= 11 is 1.71. The molecule has 1 atom stereocenters. The molecule has 0 unspecified atom stereocenters. The highest BCUT2D eigenvalue weighted by Crippen LogP contribution is 2.31. The van der Waals surface area contributed by atoms with Crippen LogP contribution in [-0.2, 0) is 11.3 Å². The molecule has 3 rings (SSSR count). The summed E-state index contributed by atoms with van der Waals surface area (Å²) in [6.45, 7) is 2.74. The van der Waals surface area contributed by atoms with Gasteiger partial charge in [-0.3, -0.25) is 4.79 Å². The normalized spacial score (nSPS) is 23.9. The Labute approximate surface area is 112 Å². The molecular formula is C14H20N2OS. The Kier molecular flexibility index (Phi) is 3.66. The van der Waals surface area contributed by atoms with Gasteiger partial charge in [0.15, 0.2) is 0 Å². The minimum Gasteiger partial charge on any atom is -0.335 e. The van der Waals surface area contributed by atoms with Crippen LogP contribution >= 0.6 is 11.3 Å². The number of rotatable bonds is 4. The van der Waals surface area contributed by atoms with Crippen molar-refractivity contribution < 1.29 is 4.79 Å². The van der Waals surface area contributed by atoms with E-state index in [1.807, 2.05) is 0 Å². The van der Waals surface area contributed by atoms with Crippen molar-refractivity contribution in [3.05, 3.63) is 22.4 Å². The van der Waals surface area contributed by atoms with Gasteiger partial charge in [0.1, 0.15) is 0 Å². The van der Waals surface area contributed by atoms with Gasteiger partial charge in [0, 0.05) is 19.1 Å². The summed E-state index contributed by atoms with van der Waals surface area (Å²) in [7, 11) is 0. The Morgan fingerprint density at radius 1 is 1.44 bits per heavy atom. The SMILES string of the molecule is O=C([C@H]1CCCNC1)N(Cc1ccsc1)C1CC1. The molecule has 1 N–H and O–H groups in total. The molecule has 3 nitrogen and oxygen atoms in total. The Morgan fingerprint density at radius 2 is 2.33 bits per heavy atom. The Bertz CT molecular complexity index is 394. The smallest absolute Gasteiger partial charge is 0.227 e. The predicted octanol–water partition coefficient (Wildman–Crippen LogP) is 2.24. The van der Waals surface area contributed by atoms with E-state index in [2.05, 4.69) is 27.0 Å². The number of amides is 1. The maximum absolute atomic E-state index is 12.6. The van der Waals surface area contributed by atoms with Crippen LogP contribution in [0.15, 0.2) is 16.8 Å². The van der Waals surface area contributed by atoms with E-state index in [0.29, 0.717) is 11.9 Å². The van der Waals surface area contributed by atoms with Crippen LogP contribution in [0, 0.1) is 5.92 Å². The quantitative estimate of drug-likeness (QED) is 0.904. The van der Waals surface area contributed by atoms with Crippen molar-refractivity contribution in [3.8, 4) is 0 Å². The molecule has 1 aromatic heterocycles. The van der Waals surface area contributed by atoms with E-state index < -0.39 is 0 Å². The minimum absolute atomic E-state index is 0.206. The number of nitrogens with one attached hydrogen (secondary N) is 1. The largest absolute Gasteiger partial charge is 0.335 e. The van der Waals surface area contributed by atoms with Gasteiger partial charge < -0.3 is 10.2 Å². The second-order valence-corrected chi connectivity index (χ2v) is 6.15. The number of thiophene rings is 1. The Hall–Kier alpha value is -0.870. The summed E-state index contributed by atoms with van der Waals surface area (Å²) in [5.74, 6) is 0.578. The lowest BCUT2D eigenvalue weighted by molar-refractivity contribution is -0.137. The average molecular weight is 264 g/mol. The lowest BCUT2D eigenvalue weighted by Gasteiger charge is -2.29. The van der Waals surface area contributed by atoms with Crippen molar-refractivity contribution in [2.75, 3.05) is 13.1 Å². The van der Waals surface area contributed by atoms with Gasteiger partial charge in [0.25, 0.3) is 0 Å². The van der Waals surface area contributed by atoms with Crippen LogP contribution < -0.4 is 5.32 Å². The van der Waals surface area contributed by atoms with Gasteiger partial charge >= 0.3 is 0 Å². The molecular weight excluding hydrogens is 244 g/mol. The van der Waals surface area contributed by atoms with Crippen molar-refractivity contribution in [2.24, 2.45) is 5.92 Å². The fourth-order valence-electron chi connectivity index (χ4n) is 2.65.